The van der Waals surface area contributed by atoms with Gasteiger partial charge >= 0.3 is 172 Å². The molecule has 1 aromatic carbocycles. The Morgan fingerprint density at radius 1 is 1.34 bits per heavy atom. The Balaban J connectivity index is 1.96. The summed E-state index contributed by atoms with van der Waals surface area (Å²) in [5.41, 5.74) is 4.17. The SMILES string of the molecule is C=CC(=O)Nc1cc(Nc2nccc(C3=[CH][In]([CH3])[CH]=C3)n2)c(OC)cc1N(C)CCNC. The monoisotopic (exact) mass is 536 g/mol. The van der Waals surface area contributed by atoms with Crippen molar-refractivity contribution >= 4 is 55.9 Å². The van der Waals surface area contributed by atoms with Gasteiger partial charge in [0.15, 0.2) is 0 Å². The third kappa shape index (κ3) is 5.92. The molecule has 1 aliphatic rings. The first kappa shape index (κ1) is 23.9. The van der Waals surface area contributed by atoms with Crippen molar-refractivity contribution in [3.63, 3.8) is 0 Å². The summed E-state index contributed by atoms with van der Waals surface area (Å²) < 4.78 is 12.7. The fourth-order valence-corrected chi connectivity index (χ4v) is 7.55. The Kier molecular flexibility index (Phi) is 8.35. The van der Waals surface area contributed by atoms with E-state index in [1.165, 1.54) is 6.08 Å². The van der Waals surface area contributed by atoms with E-state index in [0.29, 0.717) is 23.1 Å². The van der Waals surface area contributed by atoms with Gasteiger partial charge < -0.3 is 5.32 Å². The van der Waals surface area contributed by atoms with Gasteiger partial charge in [0.05, 0.1) is 0 Å². The van der Waals surface area contributed by atoms with Crippen LogP contribution in [-0.4, -0.2) is 71.6 Å². The smallest absolute Gasteiger partial charge is 0.318 e. The zero-order chi connectivity index (χ0) is 23.1. The number of ether oxygens (including phenoxy) is 1. The number of amides is 1. The van der Waals surface area contributed by atoms with E-state index in [0.717, 1.165) is 30.0 Å². The minimum Gasteiger partial charge on any atom is -0.318 e. The van der Waals surface area contributed by atoms with Crippen molar-refractivity contribution in [2.75, 3.05) is 49.8 Å². The van der Waals surface area contributed by atoms with E-state index in [2.05, 4.69) is 50.9 Å². The van der Waals surface area contributed by atoms with E-state index < -0.39 is 21.4 Å². The van der Waals surface area contributed by atoms with Gasteiger partial charge in [0.1, 0.15) is 0 Å². The summed E-state index contributed by atoms with van der Waals surface area (Å²) in [5.74, 6) is 0.789. The molecule has 0 radical (unpaired) electrons. The molecule has 0 saturated carbocycles. The molecule has 9 heteroatoms. The van der Waals surface area contributed by atoms with Crippen LogP contribution < -0.4 is 25.6 Å². The number of nitrogens with one attached hydrogen (secondary N) is 3. The van der Waals surface area contributed by atoms with Gasteiger partial charge in [-0.15, -0.1) is 0 Å². The molecule has 3 N–H and O–H groups in total. The first-order chi connectivity index (χ1) is 15.4. The summed E-state index contributed by atoms with van der Waals surface area (Å²) in [4.78, 5) is 23.2. The fraction of sp³-hybridized carbons (Fsp3) is 0.261. The second-order valence-corrected chi connectivity index (χ2v) is 14.5. The number of nitrogens with zero attached hydrogens (tertiary/aromatic N) is 3. The van der Waals surface area contributed by atoms with Gasteiger partial charge in [-0.25, -0.2) is 0 Å². The van der Waals surface area contributed by atoms with Crippen molar-refractivity contribution in [2.45, 2.75) is 4.68 Å². The third-order valence-electron chi connectivity index (χ3n) is 5.09. The van der Waals surface area contributed by atoms with Crippen LogP contribution in [0, 0.1) is 0 Å². The molecule has 0 atom stereocenters. The standard InChI is InChI=1S/C22H26N6O2.CH3.In/c1-7-15(3)16-9-10-24-22(26-16)27-18-13-17(25-21(29)8-2)19(14-20(18)30-6)28(5)12-11-23-4;;/h1,3,7-10,13-14,23H,2,11-12H2,4-6H3,(H,25,29)(H,24,26,27);1H3;. The Labute approximate surface area is 197 Å². The first-order valence-electron chi connectivity index (χ1n) is 10.5. The zero-order valence-electron chi connectivity index (χ0n) is 19.0. The van der Waals surface area contributed by atoms with E-state index in [1.54, 1.807) is 13.3 Å². The van der Waals surface area contributed by atoms with Gasteiger partial charge in [-0.2, -0.15) is 0 Å². The predicted octanol–water partition coefficient (Wildman–Crippen LogP) is 3.17. The molecule has 2 aromatic rings. The number of likely N-dealkylation sites (N-methyl/N-ethyl adjacent to an activating group) is 2. The summed E-state index contributed by atoms with van der Waals surface area (Å²) in [6.07, 6.45) is 5.15. The van der Waals surface area contributed by atoms with Crippen LogP contribution in [0.4, 0.5) is 23.0 Å². The van der Waals surface area contributed by atoms with Crippen molar-refractivity contribution in [3.05, 3.63) is 56.5 Å². The second kappa shape index (κ2) is 11.2. The van der Waals surface area contributed by atoms with E-state index in [1.807, 2.05) is 37.2 Å². The van der Waals surface area contributed by atoms with Crippen LogP contribution in [0.5, 0.6) is 5.75 Å². The molecule has 1 aromatic heterocycles. The quantitative estimate of drug-likeness (QED) is 0.402. The molecule has 0 aliphatic carbocycles. The fourth-order valence-electron chi connectivity index (χ4n) is 3.36. The van der Waals surface area contributed by atoms with E-state index >= 15 is 0 Å². The average molecular weight is 536 g/mol. The van der Waals surface area contributed by atoms with Crippen LogP contribution in [-0.2, 0) is 4.79 Å². The van der Waals surface area contributed by atoms with Gasteiger partial charge in [0.2, 0.25) is 0 Å². The van der Waals surface area contributed by atoms with Crippen molar-refractivity contribution in [1.29, 1.82) is 0 Å². The van der Waals surface area contributed by atoms with Gasteiger partial charge in [-0.05, 0) is 7.05 Å². The minimum atomic E-state index is -1.60. The molecule has 1 aliphatic heterocycles. The molecule has 32 heavy (non-hydrogen) atoms. The number of carbonyl (C=O) groups excluding carboxylic acids is 1. The number of methoxy groups -OCH3 is 1. The Hall–Kier alpha value is -2.78. The van der Waals surface area contributed by atoms with Crippen LogP contribution in [0.2, 0.25) is 4.68 Å². The topological polar surface area (TPSA) is 91.4 Å². The van der Waals surface area contributed by atoms with Crippen LogP contribution in [0.15, 0.2) is 50.8 Å². The van der Waals surface area contributed by atoms with E-state index in [4.69, 9.17) is 4.74 Å². The summed E-state index contributed by atoms with van der Waals surface area (Å²) >= 11 is -1.60. The molecule has 0 fully saturated rings. The van der Waals surface area contributed by atoms with Crippen molar-refractivity contribution in [2.24, 2.45) is 0 Å². The molecular weight excluding hydrogens is 507 g/mol. The van der Waals surface area contributed by atoms with Gasteiger partial charge in [0, 0.05) is 6.54 Å². The Morgan fingerprint density at radius 3 is 2.81 bits per heavy atom. The first-order valence-corrected chi connectivity index (χ1v) is 17.6. The number of carbonyl (C=O) groups is 1. The summed E-state index contributed by atoms with van der Waals surface area (Å²) in [7, 11) is 5.47. The number of benzene rings is 1. The minimum absolute atomic E-state index is 0.289. The van der Waals surface area contributed by atoms with Crippen LogP contribution in [0.1, 0.15) is 5.69 Å². The molecule has 0 unspecified atom stereocenters. The predicted molar refractivity (Wildman–Crippen MR) is 133 cm³/mol. The molecule has 1 amide bonds. The number of hydrogen-bond acceptors (Lipinski definition) is 7. The Bertz CT molecular complexity index is 1050. The Morgan fingerprint density at radius 2 is 2.16 bits per heavy atom. The maximum absolute atomic E-state index is 12.1. The van der Waals surface area contributed by atoms with Crippen molar-refractivity contribution < 1.29 is 9.53 Å². The van der Waals surface area contributed by atoms with Gasteiger partial charge in [0.25, 0.3) is 0 Å². The number of anilines is 4. The van der Waals surface area contributed by atoms with Crippen LogP contribution in [0.25, 0.3) is 5.57 Å². The van der Waals surface area contributed by atoms with Crippen LogP contribution in [0.3, 0.4) is 0 Å². The number of allylic oxidation sites excluding steroid dienone is 2. The molecule has 0 spiro atoms. The summed E-state index contributed by atoms with van der Waals surface area (Å²) in [6, 6.07) is 5.63. The molecule has 3 rings (SSSR count). The number of aromatic nitrogens is 2. The molecule has 2 heterocycles. The zero-order valence-corrected chi connectivity index (χ0v) is 22.3. The van der Waals surface area contributed by atoms with E-state index in [-0.39, 0.29) is 5.91 Å². The maximum atomic E-state index is 12.1. The number of hydrogen-bond donors (Lipinski definition) is 3. The van der Waals surface area contributed by atoms with E-state index in [9.17, 15) is 4.79 Å². The third-order valence-corrected chi connectivity index (χ3v) is 9.90. The van der Waals surface area contributed by atoms with Gasteiger partial charge in [-0.3, -0.25) is 0 Å². The molecule has 0 bridgehead atoms. The number of rotatable bonds is 10. The average Bonchev–Trinajstić information content (AvgIpc) is 3.24. The molecule has 166 valence electrons. The normalized spacial score (nSPS) is 12.4. The van der Waals surface area contributed by atoms with Gasteiger partial charge in [-0.1, -0.05) is 6.58 Å². The van der Waals surface area contributed by atoms with Crippen LogP contribution >= 0.6 is 0 Å². The molecular formula is C23H29InN6O2. The summed E-state index contributed by atoms with van der Waals surface area (Å²) in [5, 5.41) is 9.27. The molecule has 0 saturated heterocycles. The van der Waals surface area contributed by atoms with Crippen molar-refractivity contribution in [3.8, 4) is 5.75 Å². The molecule has 8 nitrogen and oxygen atoms in total. The van der Waals surface area contributed by atoms with Crippen molar-refractivity contribution in [1.82, 2.24) is 15.3 Å². The second-order valence-electron chi connectivity index (χ2n) is 7.52. The summed E-state index contributed by atoms with van der Waals surface area (Å²) in [6.45, 7) is 5.10.